The van der Waals surface area contributed by atoms with Crippen molar-refractivity contribution in [2.45, 2.75) is 19.8 Å². The van der Waals surface area contributed by atoms with E-state index in [-0.39, 0.29) is 5.91 Å². The van der Waals surface area contributed by atoms with Crippen LogP contribution >= 0.6 is 11.3 Å². The number of nitrogens with zero attached hydrogens (tertiary/aromatic N) is 3. The number of anilines is 1. The van der Waals surface area contributed by atoms with Crippen molar-refractivity contribution in [3.05, 3.63) is 33.9 Å². The maximum Gasteiger partial charge on any atom is 0.271 e. The highest BCUT2D eigenvalue weighted by atomic mass is 32.1. The van der Waals surface area contributed by atoms with E-state index < -0.39 is 0 Å². The zero-order valence-corrected chi connectivity index (χ0v) is 12.3. The summed E-state index contributed by atoms with van der Waals surface area (Å²) in [7, 11) is 1.56. The van der Waals surface area contributed by atoms with Gasteiger partial charge in [0.15, 0.2) is 5.69 Å². The highest BCUT2D eigenvalue weighted by Crippen LogP contribution is 2.11. The van der Waals surface area contributed by atoms with Crippen molar-refractivity contribution < 1.29 is 4.79 Å². The summed E-state index contributed by atoms with van der Waals surface area (Å²) in [5.41, 5.74) is 1.40. The molecule has 6 nitrogen and oxygen atoms in total. The Bertz CT molecular complexity index is 566. The Balaban J connectivity index is 1.83. The zero-order chi connectivity index (χ0) is 14.4. The first-order valence-corrected chi connectivity index (χ1v) is 7.34. The maximum atomic E-state index is 11.3. The zero-order valence-electron chi connectivity index (χ0n) is 11.5. The van der Waals surface area contributed by atoms with E-state index in [1.807, 2.05) is 0 Å². The molecule has 0 fully saturated rings. The maximum absolute atomic E-state index is 11.3. The van der Waals surface area contributed by atoms with E-state index in [9.17, 15) is 4.79 Å². The molecular formula is C13H17N5OS. The molecule has 1 amide bonds. The highest BCUT2D eigenvalue weighted by molar-refractivity contribution is 7.09. The standard InChI is InChI=1S/C13H17N5OS/c1-3-12-16-9(8-20-12)6-7-15-11-5-4-10(17-18-11)13(19)14-2/h4-5,8H,3,6-7H2,1-2H3,(H,14,19)(H,15,18). The van der Waals surface area contributed by atoms with E-state index in [2.05, 4.69) is 38.1 Å². The Hall–Kier alpha value is -2.02. The van der Waals surface area contributed by atoms with Crippen molar-refractivity contribution in [3.8, 4) is 0 Å². The van der Waals surface area contributed by atoms with Gasteiger partial charge in [-0.25, -0.2) is 4.98 Å². The minimum absolute atomic E-state index is 0.237. The molecule has 0 aliphatic carbocycles. The van der Waals surface area contributed by atoms with E-state index >= 15 is 0 Å². The average molecular weight is 291 g/mol. The molecule has 2 N–H and O–H groups in total. The van der Waals surface area contributed by atoms with E-state index in [0.717, 1.165) is 30.1 Å². The third-order valence-corrected chi connectivity index (χ3v) is 3.76. The Morgan fingerprint density at radius 2 is 2.20 bits per heavy atom. The molecule has 2 rings (SSSR count). The lowest BCUT2D eigenvalue weighted by molar-refractivity contribution is 0.0957. The minimum atomic E-state index is -0.237. The van der Waals surface area contributed by atoms with Crippen LogP contribution in [0.5, 0.6) is 0 Å². The molecule has 0 aliphatic heterocycles. The highest BCUT2D eigenvalue weighted by Gasteiger charge is 2.05. The molecule has 20 heavy (non-hydrogen) atoms. The summed E-state index contributed by atoms with van der Waals surface area (Å²) in [6, 6.07) is 3.39. The third-order valence-electron chi connectivity index (χ3n) is 2.71. The monoisotopic (exact) mass is 291 g/mol. The number of aromatic nitrogens is 3. The minimum Gasteiger partial charge on any atom is -0.368 e. The van der Waals surface area contributed by atoms with Crippen LogP contribution in [0.3, 0.4) is 0 Å². The lowest BCUT2D eigenvalue weighted by Crippen LogP contribution is -2.20. The van der Waals surface area contributed by atoms with Gasteiger partial charge in [-0.05, 0) is 18.6 Å². The van der Waals surface area contributed by atoms with Gasteiger partial charge in [-0.2, -0.15) is 0 Å². The number of amides is 1. The molecule has 2 heterocycles. The smallest absolute Gasteiger partial charge is 0.271 e. The van der Waals surface area contributed by atoms with Gasteiger partial charge in [-0.3, -0.25) is 4.79 Å². The van der Waals surface area contributed by atoms with Crippen LogP contribution in [-0.4, -0.2) is 34.7 Å². The van der Waals surface area contributed by atoms with Gasteiger partial charge < -0.3 is 10.6 Å². The molecule has 106 valence electrons. The predicted octanol–water partition coefficient (Wildman–Crippen LogP) is 1.51. The van der Waals surface area contributed by atoms with E-state index in [1.54, 1.807) is 30.5 Å². The normalized spacial score (nSPS) is 10.3. The van der Waals surface area contributed by atoms with Gasteiger partial charge >= 0.3 is 0 Å². The number of rotatable bonds is 6. The molecule has 2 aromatic rings. The molecule has 0 bridgehead atoms. The molecule has 0 radical (unpaired) electrons. The van der Waals surface area contributed by atoms with E-state index in [1.165, 1.54) is 0 Å². The average Bonchev–Trinajstić information content (AvgIpc) is 2.95. The van der Waals surface area contributed by atoms with E-state index in [4.69, 9.17) is 0 Å². The van der Waals surface area contributed by atoms with Crippen molar-refractivity contribution in [1.82, 2.24) is 20.5 Å². The molecule has 0 atom stereocenters. The molecule has 0 aromatic carbocycles. The first-order valence-electron chi connectivity index (χ1n) is 6.46. The predicted molar refractivity (Wildman–Crippen MR) is 79.1 cm³/mol. The Kier molecular flexibility index (Phi) is 5.00. The van der Waals surface area contributed by atoms with Crippen molar-refractivity contribution >= 4 is 23.1 Å². The second-order valence-electron chi connectivity index (χ2n) is 4.15. The first-order chi connectivity index (χ1) is 9.72. The van der Waals surface area contributed by atoms with Gasteiger partial charge in [0, 0.05) is 25.4 Å². The summed E-state index contributed by atoms with van der Waals surface area (Å²) in [5, 5.41) is 16.7. The largest absolute Gasteiger partial charge is 0.368 e. The van der Waals surface area contributed by atoms with Crippen LogP contribution in [0.4, 0.5) is 5.82 Å². The quantitative estimate of drug-likeness (QED) is 0.843. The Morgan fingerprint density at radius 3 is 2.80 bits per heavy atom. The number of nitrogens with one attached hydrogen (secondary N) is 2. The van der Waals surface area contributed by atoms with Crippen LogP contribution < -0.4 is 10.6 Å². The van der Waals surface area contributed by atoms with E-state index in [0.29, 0.717) is 11.5 Å². The Labute approximate surface area is 121 Å². The van der Waals surface area contributed by atoms with Crippen LogP contribution in [0.1, 0.15) is 28.1 Å². The summed E-state index contributed by atoms with van der Waals surface area (Å²) in [6.45, 7) is 2.84. The number of hydrogen-bond acceptors (Lipinski definition) is 6. The van der Waals surface area contributed by atoms with Gasteiger partial charge in [0.1, 0.15) is 5.82 Å². The number of thiazole rings is 1. The van der Waals surface area contributed by atoms with Gasteiger partial charge in [-0.1, -0.05) is 6.92 Å². The molecule has 7 heteroatoms. The second-order valence-corrected chi connectivity index (χ2v) is 5.09. The van der Waals surface area contributed by atoms with Crippen LogP contribution in [0.15, 0.2) is 17.5 Å². The molecule has 0 saturated heterocycles. The lowest BCUT2D eigenvalue weighted by Gasteiger charge is -2.04. The van der Waals surface area contributed by atoms with Crippen LogP contribution in [-0.2, 0) is 12.8 Å². The molecular weight excluding hydrogens is 274 g/mol. The number of carbonyl (C=O) groups is 1. The molecule has 2 aromatic heterocycles. The number of aryl methyl sites for hydroxylation is 1. The summed E-state index contributed by atoms with van der Waals surface area (Å²) in [4.78, 5) is 15.8. The van der Waals surface area contributed by atoms with Crippen molar-refractivity contribution in [3.63, 3.8) is 0 Å². The fraction of sp³-hybridized carbons (Fsp3) is 0.385. The molecule has 0 unspecified atom stereocenters. The van der Waals surface area contributed by atoms with Crippen molar-refractivity contribution in [2.75, 3.05) is 18.9 Å². The SMILES string of the molecule is CCc1nc(CCNc2ccc(C(=O)NC)nn2)cs1. The van der Waals surface area contributed by atoms with Crippen LogP contribution in [0.2, 0.25) is 0 Å². The Morgan fingerprint density at radius 1 is 1.35 bits per heavy atom. The fourth-order valence-electron chi connectivity index (χ4n) is 1.62. The summed E-state index contributed by atoms with van der Waals surface area (Å²) in [5.74, 6) is 0.419. The lowest BCUT2D eigenvalue weighted by atomic mass is 10.3. The third kappa shape index (κ3) is 3.74. The van der Waals surface area contributed by atoms with Gasteiger partial charge in [0.05, 0.1) is 10.7 Å². The molecule has 0 spiro atoms. The van der Waals surface area contributed by atoms with Gasteiger partial charge in [0.2, 0.25) is 0 Å². The number of hydrogen-bond donors (Lipinski definition) is 2. The summed E-state index contributed by atoms with van der Waals surface area (Å²) in [6.07, 6.45) is 1.82. The summed E-state index contributed by atoms with van der Waals surface area (Å²) < 4.78 is 0. The summed E-state index contributed by atoms with van der Waals surface area (Å²) >= 11 is 1.69. The van der Waals surface area contributed by atoms with Crippen molar-refractivity contribution in [1.29, 1.82) is 0 Å². The van der Waals surface area contributed by atoms with Crippen LogP contribution in [0.25, 0.3) is 0 Å². The van der Waals surface area contributed by atoms with Crippen LogP contribution in [0, 0.1) is 0 Å². The van der Waals surface area contributed by atoms with Gasteiger partial charge in [-0.15, -0.1) is 21.5 Å². The fourth-order valence-corrected chi connectivity index (χ4v) is 2.40. The number of carbonyl (C=O) groups excluding carboxylic acids is 1. The second kappa shape index (κ2) is 6.95. The molecule has 0 saturated carbocycles. The topological polar surface area (TPSA) is 79.8 Å². The molecule has 0 aliphatic rings. The van der Waals surface area contributed by atoms with Gasteiger partial charge in [0.25, 0.3) is 5.91 Å². The van der Waals surface area contributed by atoms with Crippen molar-refractivity contribution in [2.24, 2.45) is 0 Å². The first kappa shape index (κ1) is 14.4.